The maximum absolute atomic E-state index is 15.2. The molecule has 4 heterocycles. The van der Waals surface area contributed by atoms with Crippen LogP contribution in [0.2, 0.25) is 0 Å². The largest absolute Gasteiger partial charge is 0.351 e. The van der Waals surface area contributed by atoms with E-state index in [2.05, 4.69) is 60.3 Å². The standard InChI is InChI=1S/C29H34F2N8/c1-19-16-38(11-10-37(19)3)17-20-4-5-25(33-14-20)34-18-35-27(23(31)15-32-2)21-12-22(30)28-24(13-21)39-26(36-28)6-7-29(39)8-9-29/h4-5,12-15,19H,2,6-11,16-18H2,1,3H3,(H,33,34)/b23-15+,35-27?/t19-/m0/s1. The summed E-state index contributed by atoms with van der Waals surface area (Å²) in [6, 6.07) is 7.57. The number of hydrogen-bond donors (Lipinski definition) is 1. The maximum atomic E-state index is 15.2. The molecule has 0 amide bonds. The third-order valence-electron chi connectivity index (χ3n) is 8.37. The minimum atomic E-state index is -0.683. The first-order valence-electron chi connectivity index (χ1n) is 13.6. The minimum Gasteiger partial charge on any atom is -0.351 e. The molecule has 2 aliphatic heterocycles. The van der Waals surface area contributed by atoms with E-state index in [0.29, 0.717) is 28.5 Å². The van der Waals surface area contributed by atoms with Crippen molar-refractivity contribution < 1.29 is 8.78 Å². The molecule has 6 rings (SSSR count). The molecular weight excluding hydrogens is 498 g/mol. The Morgan fingerprint density at radius 1 is 1.26 bits per heavy atom. The third kappa shape index (κ3) is 4.98. The van der Waals surface area contributed by atoms with Crippen molar-refractivity contribution in [1.29, 1.82) is 0 Å². The average molecular weight is 533 g/mol. The van der Waals surface area contributed by atoms with E-state index in [0.717, 1.165) is 69.5 Å². The summed E-state index contributed by atoms with van der Waals surface area (Å²) in [5.41, 5.74) is 2.56. The number of allylic oxidation sites excluding steroid dienone is 1. The highest BCUT2D eigenvalue weighted by atomic mass is 19.1. The molecule has 2 aromatic heterocycles. The van der Waals surface area contributed by atoms with Gasteiger partial charge >= 0.3 is 0 Å². The lowest BCUT2D eigenvalue weighted by molar-refractivity contribution is 0.0999. The summed E-state index contributed by atoms with van der Waals surface area (Å²) in [5, 5.41) is 3.13. The Morgan fingerprint density at radius 2 is 2.10 bits per heavy atom. The van der Waals surface area contributed by atoms with Gasteiger partial charge in [0.1, 0.15) is 29.5 Å². The number of rotatable bonds is 8. The lowest BCUT2D eigenvalue weighted by atomic mass is 10.1. The van der Waals surface area contributed by atoms with E-state index >= 15 is 8.78 Å². The number of hydrogen-bond acceptors (Lipinski definition) is 7. The first-order chi connectivity index (χ1) is 18.9. The maximum Gasteiger partial charge on any atom is 0.167 e. The van der Waals surface area contributed by atoms with E-state index in [1.165, 1.54) is 6.07 Å². The third-order valence-corrected chi connectivity index (χ3v) is 8.37. The quantitative estimate of drug-likeness (QED) is 0.432. The van der Waals surface area contributed by atoms with Crippen LogP contribution >= 0.6 is 0 Å². The summed E-state index contributed by atoms with van der Waals surface area (Å²) in [6.45, 7) is 9.63. The molecular formula is C29H34F2N8. The van der Waals surface area contributed by atoms with Crippen LogP contribution < -0.4 is 5.32 Å². The van der Waals surface area contributed by atoms with E-state index < -0.39 is 11.6 Å². The van der Waals surface area contributed by atoms with Crippen LogP contribution in [0.4, 0.5) is 14.6 Å². The van der Waals surface area contributed by atoms with Crippen molar-refractivity contribution in [1.82, 2.24) is 24.3 Å². The molecule has 0 unspecified atom stereocenters. The van der Waals surface area contributed by atoms with E-state index in [4.69, 9.17) is 0 Å². The van der Waals surface area contributed by atoms with Crippen molar-refractivity contribution in [2.24, 2.45) is 9.98 Å². The van der Waals surface area contributed by atoms with Gasteiger partial charge in [-0.15, -0.1) is 0 Å². The summed E-state index contributed by atoms with van der Waals surface area (Å²) in [7, 11) is 2.16. The Morgan fingerprint density at radius 3 is 2.82 bits per heavy atom. The molecule has 0 bridgehead atoms. The van der Waals surface area contributed by atoms with Crippen LogP contribution in [-0.4, -0.2) is 76.2 Å². The zero-order valence-electron chi connectivity index (χ0n) is 22.5. The molecule has 3 aromatic rings. The molecule has 1 aromatic carbocycles. The number of aromatic nitrogens is 3. The highest BCUT2D eigenvalue weighted by molar-refractivity contribution is 6.12. The number of piperazine rings is 1. The van der Waals surface area contributed by atoms with Crippen LogP contribution in [-0.2, 0) is 18.5 Å². The van der Waals surface area contributed by atoms with Crippen LogP contribution in [0.25, 0.3) is 11.0 Å². The normalized spacial score (nSPS) is 21.5. The van der Waals surface area contributed by atoms with Crippen molar-refractivity contribution in [3.05, 3.63) is 65.3 Å². The summed E-state index contributed by atoms with van der Waals surface area (Å²) in [5.74, 6) is 0.370. The number of anilines is 1. The number of halogens is 2. The van der Waals surface area contributed by atoms with E-state index in [-0.39, 0.29) is 17.9 Å². The average Bonchev–Trinajstić information content (AvgIpc) is 3.47. The highest BCUT2D eigenvalue weighted by Crippen LogP contribution is 2.53. The fourth-order valence-electron chi connectivity index (χ4n) is 5.89. The van der Waals surface area contributed by atoms with Crippen LogP contribution in [0.3, 0.4) is 0 Å². The first-order valence-corrected chi connectivity index (χ1v) is 13.6. The molecule has 2 fully saturated rings. The Kier molecular flexibility index (Phi) is 6.76. The second-order valence-electron chi connectivity index (χ2n) is 11.0. The lowest BCUT2D eigenvalue weighted by Gasteiger charge is -2.37. The monoisotopic (exact) mass is 532 g/mol. The number of aliphatic imine (C=N–C) groups is 2. The molecule has 1 spiro atoms. The van der Waals surface area contributed by atoms with Gasteiger partial charge in [-0.25, -0.2) is 18.7 Å². The van der Waals surface area contributed by atoms with Gasteiger partial charge in [-0.2, -0.15) is 0 Å². The Labute approximate surface area is 227 Å². The van der Waals surface area contributed by atoms with Gasteiger partial charge in [0.25, 0.3) is 0 Å². The van der Waals surface area contributed by atoms with Crippen LogP contribution in [0.1, 0.15) is 43.1 Å². The first kappa shape index (κ1) is 25.8. The van der Waals surface area contributed by atoms with Gasteiger partial charge in [-0.1, -0.05) is 6.07 Å². The molecule has 3 aliphatic rings. The number of likely N-dealkylation sites (N-methyl/N-ethyl adjacent to an activating group) is 1. The van der Waals surface area contributed by atoms with Crippen molar-refractivity contribution in [3.63, 3.8) is 0 Å². The second-order valence-corrected chi connectivity index (χ2v) is 11.0. The van der Waals surface area contributed by atoms with Crippen LogP contribution in [0.5, 0.6) is 0 Å². The Hall–Kier alpha value is -3.50. The van der Waals surface area contributed by atoms with Crippen molar-refractivity contribution in [2.45, 2.75) is 50.7 Å². The number of nitrogens with zero attached hydrogens (tertiary/aromatic N) is 7. The van der Waals surface area contributed by atoms with Gasteiger partial charge in [0.05, 0.1) is 11.7 Å². The number of aryl methyl sites for hydroxylation is 1. The minimum absolute atomic E-state index is 0.00917. The second kappa shape index (κ2) is 10.2. The molecule has 1 saturated carbocycles. The summed E-state index contributed by atoms with van der Waals surface area (Å²) < 4.78 is 32.4. The zero-order valence-corrected chi connectivity index (χ0v) is 22.5. The number of fused-ring (bicyclic) bond motifs is 4. The SMILES string of the molecule is C=N/C=C(/F)C(=NCNc1ccc(CN2CCN(C)[C@@H](C)C2)cn1)c1cc(F)c2nc3n(c2c1)C1(CC3)CC1. The van der Waals surface area contributed by atoms with Crippen molar-refractivity contribution >= 4 is 29.3 Å². The summed E-state index contributed by atoms with van der Waals surface area (Å²) in [4.78, 5) is 21.9. The molecule has 10 heteroatoms. The lowest BCUT2D eigenvalue weighted by Crippen LogP contribution is -2.49. The molecule has 1 aliphatic carbocycles. The number of benzene rings is 1. The summed E-state index contributed by atoms with van der Waals surface area (Å²) in [6.07, 6.45) is 6.85. The van der Waals surface area contributed by atoms with Crippen LogP contribution in [0.15, 0.2) is 52.5 Å². The molecule has 8 nitrogen and oxygen atoms in total. The molecule has 0 radical (unpaired) electrons. The number of imidazole rings is 1. The van der Waals surface area contributed by atoms with Gasteiger partial charge in [0, 0.05) is 55.9 Å². The van der Waals surface area contributed by atoms with Gasteiger partial charge in [0.15, 0.2) is 11.6 Å². The molecule has 1 N–H and O–H groups in total. The molecule has 39 heavy (non-hydrogen) atoms. The Bertz CT molecular complexity index is 1450. The molecule has 1 atom stereocenters. The van der Waals surface area contributed by atoms with Gasteiger partial charge in [-0.05, 0) is 63.7 Å². The Balaban J connectivity index is 1.19. The van der Waals surface area contributed by atoms with E-state index in [9.17, 15) is 0 Å². The van der Waals surface area contributed by atoms with Gasteiger partial charge in [0.2, 0.25) is 0 Å². The van der Waals surface area contributed by atoms with Crippen molar-refractivity contribution in [3.8, 4) is 0 Å². The molecule has 1 saturated heterocycles. The van der Waals surface area contributed by atoms with Crippen molar-refractivity contribution in [2.75, 3.05) is 38.7 Å². The molecule has 204 valence electrons. The predicted octanol–water partition coefficient (Wildman–Crippen LogP) is 4.51. The zero-order chi connectivity index (χ0) is 27.1. The van der Waals surface area contributed by atoms with Gasteiger partial charge < -0.3 is 14.8 Å². The summed E-state index contributed by atoms with van der Waals surface area (Å²) >= 11 is 0. The number of pyridine rings is 1. The van der Waals surface area contributed by atoms with Crippen LogP contribution in [0, 0.1) is 5.82 Å². The topological polar surface area (TPSA) is 73.9 Å². The fraction of sp³-hybridized carbons (Fsp3) is 0.448. The highest BCUT2D eigenvalue weighted by Gasteiger charge is 2.50. The smallest absolute Gasteiger partial charge is 0.167 e. The predicted molar refractivity (Wildman–Crippen MR) is 151 cm³/mol. The van der Waals surface area contributed by atoms with E-state index in [1.807, 2.05) is 18.3 Å². The number of nitrogens with one attached hydrogen (secondary N) is 1. The van der Waals surface area contributed by atoms with Gasteiger partial charge in [-0.3, -0.25) is 14.9 Å². The fourth-order valence-corrected chi connectivity index (χ4v) is 5.89. The van der Waals surface area contributed by atoms with E-state index in [1.54, 1.807) is 6.07 Å².